The molecule has 8 fully saturated rings. The van der Waals surface area contributed by atoms with Crippen molar-refractivity contribution in [3.8, 4) is 11.8 Å². The van der Waals surface area contributed by atoms with Gasteiger partial charge in [-0.15, -0.1) is 5.92 Å². The average molecular weight is 1440 g/mol. The van der Waals surface area contributed by atoms with Crippen LogP contribution in [0.3, 0.4) is 0 Å². The van der Waals surface area contributed by atoms with Crippen LogP contribution in [0.5, 0.6) is 0 Å². The number of likely N-dealkylation sites (tertiary alicyclic amines) is 5. The normalized spacial score (nSPS) is 24.9. The summed E-state index contributed by atoms with van der Waals surface area (Å²) in [5.74, 6) is 7.55. The van der Waals surface area contributed by atoms with E-state index in [1.54, 1.807) is 4.90 Å². The van der Waals surface area contributed by atoms with E-state index >= 15 is 0 Å². The predicted molar refractivity (Wildman–Crippen MR) is 408 cm³/mol. The SMILES string of the molecule is CC(C)(C)ON=C1CCC(N2CCC3(CC2)OC(=O)Nc2ccccc23)CC1.CCC#CCOC(=O)N1CCC(N2CCC3(CC2)OC(=O)Nc2ccccc23)CC1.CCC1CCC(N2CCC3(CC2)OC(=O)Nc2ccccc23)CC1.O=C1Nc2ccccc2C2(CCN(CC3CCCCC3)CC2)O1. The molecule has 16 rings (SSSR count). The summed E-state index contributed by atoms with van der Waals surface area (Å²) in [6, 6.07) is 33.9. The molecule has 4 aromatic rings. The van der Waals surface area contributed by atoms with E-state index in [1.807, 2.05) is 100 Å². The van der Waals surface area contributed by atoms with Crippen LogP contribution in [0.2, 0.25) is 0 Å². The first kappa shape index (κ1) is 75.3. The number of oxime groups is 1. The summed E-state index contributed by atoms with van der Waals surface area (Å²) in [4.78, 5) is 77.9. The van der Waals surface area contributed by atoms with Crippen molar-refractivity contribution in [2.24, 2.45) is 17.0 Å². The second-order valence-electron chi connectivity index (χ2n) is 32.3. The fraction of sp³-hybridized carbons (Fsp3) is 0.619. The molecule has 105 heavy (non-hydrogen) atoms. The zero-order valence-electron chi connectivity index (χ0n) is 63.0. The first-order valence-electron chi connectivity index (χ1n) is 39.8. The lowest BCUT2D eigenvalue weighted by Crippen LogP contribution is -2.53. The zero-order chi connectivity index (χ0) is 73.0. The van der Waals surface area contributed by atoms with Crippen LogP contribution in [0.15, 0.2) is 102 Å². The Morgan fingerprint density at radius 2 is 0.838 bits per heavy atom. The number of benzene rings is 4. The van der Waals surface area contributed by atoms with Crippen molar-refractivity contribution in [1.82, 2.24) is 24.5 Å². The Kier molecular flexibility index (Phi) is 24.3. The van der Waals surface area contributed by atoms with Crippen LogP contribution in [0, 0.1) is 23.7 Å². The highest BCUT2D eigenvalue weighted by atomic mass is 16.6. The second-order valence-corrected chi connectivity index (χ2v) is 32.3. The zero-order valence-corrected chi connectivity index (χ0v) is 63.0. The molecule has 4 spiro atoms. The topological polar surface area (TPSA) is 217 Å². The van der Waals surface area contributed by atoms with Crippen LogP contribution >= 0.6 is 0 Å². The van der Waals surface area contributed by atoms with Gasteiger partial charge in [-0.2, -0.15) is 0 Å². The van der Waals surface area contributed by atoms with E-state index in [1.165, 1.54) is 76.5 Å². The molecule has 3 aliphatic carbocycles. The number of carbonyl (C=O) groups is 5. The summed E-state index contributed by atoms with van der Waals surface area (Å²) in [5.41, 5.74) is 7.20. The number of ether oxygens (including phenoxy) is 5. The molecule has 3 saturated carbocycles. The minimum atomic E-state index is -0.528. The third-order valence-corrected chi connectivity index (χ3v) is 24.7. The van der Waals surface area contributed by atoms with E-state index in [-0.39, 0.29) is 42.7 Å². The van der Waals surface area contributed by atoms with Gasteiger partial charge in [0.15, 0.2) is 6.61 Å². The van der Waals surface area contributed by atoms with Gasteiger partial charge in [0, 0.05) is 170 Å². The highest BCUT2D eigenvalue weighted by molar-refractivity contribution is 5.91. The van der Waals surface area contributed by atoms with Crippen molar-refractivity contribution in [2.45, 2.75) is 241 Å². The standard InChI is InChI=1S/C23H29N3O4.C22H31N3O3.C20H28N2O2.C19H26N2O2/c1-2-3-6-17-29-22(28)26-13-9-18(10-14-26)25-15-11-23(12-16-25)19-7-4-5-8-20(19)24-21(27)30-23;1-21(2,3)28-24-16-8-10-17(11-9-16)25-14-12-22(13-15-25)18-6-4-5-7-19(18)23-20(26)27-22;1-2-15-7-9-16(10-8-15)22-13-11-20(12-14-22)17-5-3-4-6-18(17)21-19(23)24-20;22-18-20-17-9-5-4-8-16(17)19(23-18)10-12-21(13-11-19)14-15-6-2-1-3-7-15/h4-5,7-8,18H,2,9-17H2,1H3,(H,24,27);4-7,17H,8-15H2,1-3H3,(H,23,26);3-6,15-16H,2,7-14H2,1H3,(H,21,23);4-5,8-9,15H,1-3,6-7,10-14H2,(H,20,22). The van der Waals surface area contributed by atoms with Gasteiger partial charge in [0.05, 0.1) is 28.5 Å². The lowest BCUT2D eigenvalue weighted by molar-refractivity contribution is -0.0506. The monoisotopic (exact) mass is 1440 g/mol. The Morgan fingerprint density at radius 1 is 0.467 bits per heavy atom. The van der Waals surface area contributed by atoms with Crippen LogP contribution in [0.25, 0.3) is 0 Å². The Bertz CT molecular complexity index is 3720. The number of carbonyl (C=O) groups excluding carboxylic acids is 5. The second kappa shape index (κ2) is 33.9. The van der Waals surface area contributed by atoms with Gasteiger partial charge >= 0.3 is 30.5 Å². The molecule has 9 aliphatic heterocycles. The highest BCUT2D eigenvalue weighted by Gasteiger charge is 2.50. The fourth-order valence-electron chi connectivity index (χ4n) is 18.8. The number of amides is 5. The van der Waals surface area contributed by atoms with Crippen LogP contribution in [0.4, 0.5) is 46.7 Å². The van der Waals surface area contributed by atoms with Crippen molar-refractivity contribution in [3.63, 3.8) is 0 Å². The average Bonchev–Trinajstić information content (AvgIpc) is 0.781. The van der Waals surface area contributed by atoms with Gasteiger partial charge in [0.25, 0.3) is 0 Å². The van der Waals surface area contributed by atoms with Crippen molar-refractivity contribution < 1.29 is 52.5 Å². The Balaban J connectivity index is 0.000000125. The number of nitrogens with zero attached hydrogens (tertiary/aromatic N) is 6. The fourth-order valence-corrected chi connectivity index (χ4v) is 18.8. The molecular formula is C84H114N10O11. The van der Waals surface area contributed by atoms with Crippen molar-refractivity contribution >= 4 is 58.9 Å². The summed E-state index contributed by atoms with van der Waals surface area (Å²) in [5, 5.41) is 15.7. The number of para-hydroxylation sites is 4. The van der Waals surface area contributed by atoms with Gasteiger partial charge in [-0.25, -0.2) is 24.0 Å². The molecule has 0 bridgehead atoms. The van der Waals surface area contributed by atoms with Crippen molar-refractivity contribution in [1.29, 1.82) is 0 Å². The first-order valence-corrected chi connectivity index (χ1v) is 39.8. The number of rotatable bonds is 8. The predicted octanol–water partition coefficient (Wildman–Crippen LogP) is 16.8. The number of hydrogen-bond acceptors (Lipinski definition) is 16. The number of fused-ring (bicyclic) bond motifs is 8. The number of hydrogen-bond donors (Lipinski definition) is 4. The van der Waals surface area contributed by atoms with Crippen molar-refractivity contribution in [2.75, 3.05) is 99.9 Å². The maximum atomic E-state index is 12.2. The van der Waals surface area contributed by atoms with E-state index in [0.29, 0.717) is 25.2 Å². The third-order valence-electron chi connectivity index (χ3n) is 24.7. The van der Waals surface area contributed by atoms with Crippen LogP contribution in [-0.2, 0) is 50.9 Å². The van der Waals surface area contributed by atoms with Gasteiger partial charge < -0.3 is 48.1 Å². The molecule has 0 radical (unpaired) electrons. The molecule has 9 heterocycles. The first-order chi connectivity index (χ1) is 50.9. The summed E-state index contributed by atoms with van der Waals surface area (Å²) in [6.07, 6.45) is 26.0. The van der Waals surface area contributed by atoms with E-state index in [4.69, 9.17) is 28.5 Å². The summed E-state index contributed by atoms with van der Waals surface area (Å²) < 4.78 is 28.5. The minimum Gasteiger partial charge on any atom is -0.438 e. The molecule has 21 nitrogen and oxygen atoms in total. The van der Waals surface area contributed by atoms with E-state index in [9.17, 15) is 24.0 Å². The lowest BCUT2D eigenvalue weighted by Gasteiger charge is -2.47. The van der Waals surface area contributed by atoms with Gasteiger partial charge in [0.1, 0.15) is 28.0 Å². The summed E-state index contributed by atoms with van der Waals surface area (Å²) in [6.45, 7) is 20.9. The molecule has 4 aromatic carbocycles. The third kappa shape index (κ3) is 18.2. The van der Waals surface area contributed by atoms with Gasteiger partial charge in [-0.3, -0.25) is 26.2 Å². The largest absolute Gasteiger partial charge is 0.438 e. The number of piperidine rings is 5. The Morgan fingerprint density at radius 3 is 1.22 bits per heavy atom. The van der Waals surface area contributed by atoms with E-state index < -0.39 is 22.4 Å². The van der Waals surface area contributed by atoms with E-state index in [2.05, 4.69) is 89.1 Å². The smallest absolute Gasteiger partial charge is 0.412 e. The van der Waals surface area contributed by atoms with Crippen LogP contribution < -0.4 is 21.3 Å². The summed E-state index contributed by atoms with van der Waals surface area (Å²) >= 11 is 0. The highest BCUT2D eigenvalue weighted by Crippen LogP contribution is 2.49. The maximum absolute atomic E-state index is 12.2. The summed E-state index contributed by atoms with van der Waals surface area (Å²) in [7, 11) is 0. The molecule has 4 N–H and O–H groups in total. The van der Waals surface area contributed by atoms with Gasteiger partial charge in [0.2, 0.25) is 0 Å². The lowest BCUT2D eigenvalue weighted by atomic mass is 9.79. The van der Waals surface area contributed by atoms with Crippen LogP contribution in [0.1, 0.15) is 217 Å². The molecule has 0 atom stereocenters. The molecule has 5 amide bonds. The molecule has 12 aliphatic rings. The van der Waals surface area contributed by atoms with Gasteiger partial charge in [-0.05, 0) is 134 Å². The quantitative estimate of drug-likeness (QED) is 0.0733. The molecule has 566 valence electrons. The number of nitrogens with one attached hydrogen (secondary N) is 4. The molecule has 21 heteroatoms. The maximum Gasteiger partial charge on any atom is 0.412 e. The molecular weight excluding hydrogens is 1320 g/mol. The molecule has 0 unspecified atom stereocenters. The van der Waals surface area contributed by atoms with Gasteiger partial charge in [-0.1, -0.05) is 123 Å². The van der Waals surface area contributed by atoms with Crippen molar-refractivity contribution in [3.05, 3.63) is 119 Å². The molecule has 5 saturated heterocycles. The van der Waals surface area contributed by atoms with Crippen LogP contribution in [-0.4, -0.2) is 163 Å². The Hall–Kier alpha value is -7.90. The van der Waals surface area contributed by atoms with E-state index in [0.717, 1.165) is 212 Å². The minimum absolute atomic E-state index is 0.163. The number of anilines is 4. The Labute approximate surface area is 622 Å². The molecule has 0 aromatic heterocycles.